The van der Waals surface area contributed by atoms with Crippen molar-refractivity contribution in [3.63, 3.8) is 0 Å². The van der Waals surface area contributed by atoms with Crippen LogP contribution in [0.2, 0.25) is 0 Å². The van der Waals surface area contributed by atoms with E-state index in [1.165, 1.54) is 32.4 Å². The third-order valence-electron chi connectivity index (χ3n) is 2.72. The van der Waals surface area contributed by atoms with E-state index in [0.29, 0.717) is 5.41 Å². The Morgan fingerprint density at radius 2 is 2.31 bits per heavy atom. The molecule has 1 saturated carbocycles. The van der Waals surface area contributed by atoms with Gasteiger partial charge in [0, 0.05) is 18.8 Å². The van der Waals surface area contributed by atoms with E-state index in [0.717, 1.165) is 6.54 Å². The fraction of sp³-hybridized carbons (Fsp3) is 0.700. The highest BCUT2D eigenvalue weighted by atomic mass is 16.5. The first-order chi connectivity index (χ1) is 6.22. The average molecular weight is 183 g/mol. The minimum Gasteiger partial charge on any atom is -0.466 e. The second-order valence-corrected chi connectivity index (χ2v) is 3.59. The van der Waals surface area contributed by atoms with E-state index in [4.69, 9.17) is 0 Å². The molecule has 0 amide bonds. The van der Waals surface area contributed by atoms with Crippen molar-refractivity contribution in [2.75, 3.05) is 13.7 Å². The van der Waals surface area contributed by atoms with E-state index in [2.05, 4.69) is 17.0 Å². The van der Waals surface area contributed by atoms with Crippen LogP contribution in [0, 0.1) is 5.41 Å². The summed E-state index contributed by atoms with van der Waals surface area (Å²) in [6.45, 7) is 3.18. The van der Waals surface area contributed by atoms with E-state index < -0.39 is 0 Å². The molecule has 0 saturated heterocycles. The topological polar surface area (TPSA) is 38.3 Å². The van der Waals surface area contributed by atoms with Crippen LogP contribution in [-0.2, 0) is 9.53 Å². The molecule has 0 aromatic rings. The molecule has 0 aromatic heterocycles. The molecule has 0 spiro atoms. The van der Waals surface area contributed by atoms with Crippen LogP contribution in [0.15, 0.2) is 12.3 Å². The summed E-state index contributed by atoms with van der Waals surface area (Å²) >= 11 is 0. The molecule has 0 aromatic carbocycles. The number of methoxy groups -OCH3 is 1. The van der Waals surface area contributed by atoms with Crippen molar-refractivity contribution in [3.8, 4) is 0 Å². The van der Waals surface area contributed by atoms with Gasteiger partial charge in [0.15, 0.2) is 0 Å². The van der Waals surface area contributed by atoms with Crippen LogP contribution in [0.25, 0.3) is 0 Å². The van der Waals surface area contributed by atoms with Gasteiger partial charge in [-0.05, 0) is 24.7 Å². The van der Waals surface area contributed by atoms with Crippen molar-refractivity contribution in [1.29, 1.82) is 0 Å². The SMILES string of the molecule is CCC1(CN/C=C/C(=O)OC)CC1. The van der Waals surface area contributed by atoms with Crippen LogP contribution < -0.4 is 5.32 Å². The molecule has 0 radical (unpaired) electrons. The van der Waals surface area contributed by atoms with Crippen molar-refractivity contribution in [2.24, 2.45) is 5.41 Å². The minimum atomic E-state index is -0.311. The van der Waals surface area contributed by atoms with Crippen LogP contribution in [-0.4, -0.2) is 19.6 Å². The first kappa shape index (κ1) is 10.1. The monoisotopic (exact) mass is 183 g/mol. The lowest BCUT2D eigenvalue weighted by molar-refractivity contribution is -0.134. The van der Waals surface area contributed by atoms with Gasteiger partial charge in [-0.25, -0.2) is 4.79 Å². The maximum absolute atomic E-state index is 10.7. The van der Waals surface area contributed by atoms with E-state index in [9.17, 15) is 4.79 Å². The predicted octanol–water partition coefficient (Wildman–Crippen LogP) is 1.45. The summed E-state index contributed by atoms with van der Waals surface area (Å²) in [6.07, 6.45) is 6.91. The Bertz CT molecular complexity index is 207. The third kappa shape index (κ3) is 3.09. The number of carbonyl (C=O) groups excluding carboxylic acids is 1. The standard InChI is InChI=1S/C10H17NO2/c1-3-10(5-6-10)8-11-7-4-9(12)13-2/h4,7,11H,3,5-6,8H2,1-2H3/b7-4+. The molecule has 1 fully saturated rings. The summed E-state index contributed by atoms with van der Waals surface area (Å²) in [5, 5.41) is 3.12. The quantitative estimate of drug-likeness (QED) is 0.518. The Labute approximate surface area is 79.2 Å². The molecule has 3 nitrogen and oxygen atoms in total. The number of rotatable bonds is 5. The van der Waals surface area contributed by atoms with E-state index in [-0.39, 0.29) is 5.97 Å². The summed E-state index contributed by atoms with van der Waals surface area (Å²) in [4.78, 5) is 10.7. The van der Waals surface area contributed by atoms with Gasteiger partial charge in [0.05, 0.1) is 7.11 Å². The normalized spacial score (nSPS) is 18.6. The highest BCUT2D eigenvalue weighted by molar-refractivity contribution is 5.81. The Balaban J connectivity index is 2.13. The maximum Gasteiger partial charge on any atom is 0.331 e. The van der Waals surface area contributed by atoms with Crippen molar-refractivity contribution in [2.45, 2.75) is 26.2 Å². The fourth-order valence-corrected chi connectivity index (χ4v) is 1.30. The van der Waals surface area contributed by atoms with Gasteiger partial charge in [-0.1, -0.05) is 6.92 Å². The van der Waals surface area contributed by atoms with Crippen LogP contribution in [0.1, 0.15) is 26.2 Å². The Hall–Kier alpha value is -0.990. The van der Waals surface area contributed by atoms with Crippen LogP contribution >= 0.6 is 0 Å². The maximum atomic E-state index is 10.7. The zero-order valence-electron chi connectivity index (χ0n) is 8.30. The summed E-state index contributed by atoms with van der Waals surface area (Å²) in [6, 6.07) is 0. The van der Waals surface area contributed by atoms with Gasteiger partial charge >= 0.3 is 5.97 Å². The van der Waals surface area contributed by atoms with Gasteiger partial charge in [0.1, 0.15) is 0 Å². The Kier molecular flexibility index (Phi) is 3.34. The van der Waals surface area contributed by atoms with Gasteiger partial charge in [-0.2, -0.15) is 0 Å². The van der Waals surface area contributed by atoms with Crippen molar-refractivity contribution < 1.29 is 9.53 Å². The predicted molar refractivity (Wildman–Crippen MR) is 51.1 cm³/mol. The number of esters is 1. The molecule has 0 bridgehead atoms. The molecule has 0 unspecified atom stereocenters. The molecule has 13 heavy (non-hydrogen) atoms. The van der Waals surface area contributed by atoms with Crippen LogP contribution in [0.3, 0.4) is 0 Å². The zero-order valence-corrected chi connectivity index (χ0v) is 8.30. The fourth-order valence-electron chi connectivity index (χ4n) is 1.30. The molecule has 1 N–H and O–H groups in total. The summed E-state index contributed by atoms with van der Waals surface area (Å²) < 4.78 is 4.46. The lowest BCUT2D eigenvalue weighted by atomic mass is 10.0. The molecule has 1 aliphatic carbocycles. The van der Waals surface area contributed by atoms with Crippen molar-refractivity contribution >= 4 is 5.97 Å². The molecule has 74 valence electrons. The second kappa shape index (κ2) is 4.30. The Morgan fingerprint density at radius 1 is 1.62 bits per heavy atom. The van der Waals surface area contributed by atoms with E-state index in [1.54, 1.807) is 6.20 Å². The average Bonchev–Trinajstić information content (AvgIpc) is 2.93. The molecule has 0 atom stereocenters. The molecular weight excluding hydrogens is 166 g/mol. The molecule has 0 aliphatic heterocycles. The summed E-state index contributed by atoms with van der Waals surface area (Å²) in [5.41, 5.74) is 0.514. The first-order valence-corrected chi connectivity index (χ1v) is 4.70. The minimum absolute atomic E-state index is 0.311. The lowest BCUT2D eigenvalue weighted by Gasteiger charge is -2.10. The summed E-state index contributed by atoms with van der Waals surface area (Å²) in [7, 11) is 1.38. The first-order valence-electron chi connectivity index (χ1n) is 4.70. The molecular formula is C10H17NO2. The third-order valence-corrected chi connectivity index (χ3v) is 2.72. The number of nitrogens with one attached hydrogen (secondary N) is 1. The molecule has 3 heteroatoms. The number of carbonyl (C=O) groups is 1. The largest absolute Gasteiger partial charge is 0.466 e. The molecule has 1 rings (SSSR count). The zero-order chi connectivity index (χ0) is 9.73. The number of hydrogen-bond donors (Lipinski definition) is 1. The van der Waals surface area contributed by atoms with Crippen LogP contribution in [0.4, 0.5) is 0 Å². The lowest BCUT2D eigenvalue weighted by Crippen LogP contribution is -2.18. The Morgan fingerprint density at radius 3 is 2.77 bits per heavy atom. The van der Waals surface area contributed by atoms with Crippen molar-refractivity contribution in [3.05, 3.63) is 12.3 Å². The smallest absolute Gasteiger partial charge is 0.331 e. The number of ether oxygens (including phenoxy) is 1. The highest BCUT2D eigenvalue weighted by Gasteiger charge is 2.39. The van der Waals surface area contributed by atoms with E-state index >= 15 is 0 Å². The van der Waals surface area contributed by atoms with Crippen LogP contribution in [0.5, 0.6) is 0 Å². The van der Waals surface area contributed by atoms with Crippen molar-refractivity contribution in [1.82, 2.24) is 5.32 Å². The summed E-state index contributed by atoms with van der Waals surface area (Å²) in [5.74, 6) is -0.311. The van der Waals surface area contributed by atoms with Gasteiger partial charge in [-0.3, -0.25) is 0 Å². The molecule has 1 aliphatic rings. The van der Waals surface area contributed by atoms with Gasteiger partial charge in [0.2, 0.25) is 0 Å². The van der Waals surface area contributed by atoms with Gasteiger partial charge in [0.25, 0.3) is 0 Å². The highest BCUT2D eigenvalue weighted by Crippen LogP contribution is 2.47. The number of hydrogen-bond acceptors (Lipinski definition) is 3. The van der Waals surface area contributed by atoms with Gasteiger partial charge < -0.3 is 10.1 Å². The second-order valence-electron chi connectivity index (χ2n) is 3.59. The molecule has 0 heterocycles. The van der Waals surface area contributed by atoms with Gasteiger partial charge in [-0.15, -0.1) is 0 Å². The van der Waals surface area contributed by atoms with E-state index in [1.807, 2.05) is 0 Å².